The van der Waals surface area contributed by atoms with Crippen molar-refractivity contribution >= 4 is 5.69 Å². The quantitative estimate of drug-likeness (QED) is 0.897. The highest BCUT2D eigenvalue weighted by Crippen LogP contribution is 2.19. The van der Waals surface area contributed by atoms with Gasteiger partial charge in [-0.1, -0.05) is 12.1 Å². The maximum absolute atomic E-state index is 13.0. The normalized spacial score (nSPS) is 11.6. The molecule has 1 unspecified atom stereocenters. The molecule has 0 saturated heterocycles. The van der Waals surface area contributed by atoms with Crippen LogP contribution in [0, 0.1) is 17.1 Å². The largest absolute Gasteiger partial charge is 0.377 e. The Morgan fingerprint density at radius 1 is 1.33 bits per heavy atom. The second-order valence-electron chi connectivity index (χ2n) is 4.00. The topological polar surface area (TPSA) is 48.7 Å². The fourth-order valence-electron chi connectivity index (χ4n) is 1.70. The summed E-state index contributed by atoms with van der Waals surface area (Å²) in [6.07, 6.45) is 2.72. The second kappa shape index (κ2) is 5.28. The fraction of sp³-hybridized carbons (Fsp3) is 0.143. The summed E-state index contributed by atoms with van der Waals surface area (Å²) in [5.41, 5.74) is 2.20. The Balaban J connectivity index is 2.17. The van der Waals surface area contributed by atoms with E-state index in [2.05, 4.69) is 16.4 Å². The van der Waals surface area contributed by atoms with Crippen molar-refractivity contribution in [1.29, 1.82) is 5.26 Å². The van der Waals surface area contributed by atoms with Gasteiger partial charge in [0.1, 0.15) is 5.82 Å². The Kier molecular flexibility index (Phi) is 3.54. The van der Waals surface area contributed by atoms with E-state index in [9.17, 15) is 4.39 Å². The fourth-order valence-corrected chi connectivity index (χ4v) is 1.70. The molecule has 3 nitrogen and oxygen atoms in total. The number of benzene rings is 1. The summed E-state index contributed by atoms with van der Waals surface area (Å²) < 4.78 is 13.0. The number of nitrogens with one attached hydrogen (secondary N) is 1. The standard InChI is InChI=1S/C14H12FN3/c1-10(12-4-2-3-11(5-12)7-16)18-14-6-13(15)8-17-9-14/h2-6,8-10,18H,1H3. The van der Waals surface area contributed by atoms with Crippen molar-refractivity contribution < 1.29 is 4.39 Å². The number of rotatable bonds is 3. The van der Waals surface area contributed by atoms with Gasteiger partial charge < -0.3 is 5.32 Å². The average molecular weight is 241 g/mol. The number of nitriles is 1. The number of nitrogens with zero attached hydrogens (tertiary/aromatic N) is 2. The van der Waals surface area contributed by atoms with Crippen LogP contribution in [0.2, 0.25) is 0 Å². The summed E-state index contributed by atoms with van der Waals surface area (Å²) in [6, 6.07) is 10.8. The third-order valence-corrected chi connectivity index (χ3v) is 2.60. The highest BCUT2D eigenvalue weighted by Gasteiger charge is 2.06. The van der Waals surface area contributed by atoms with Gasteiger partial charge in [-0.25, -0.2) is 4.39 Å². The maximum Gasteiger partial charge on any atom is 0.143 e. The molecule has 0 aliphatic rings. The second-order valence-corrected chi connectivity index (χ2v) is 4.00. The first-order chi connectivity index (χ1) is 8.69. The molecule has 0 spiro atoms. The molecule has 2 rings (SSSR count). The summed E-state index contributed by atoms with van der Waals surface area (Å²) in [5.74, 6) is -0.377. The van der Waals surface area contributed by atoms with E-state index in [1.54, 1.807) is 12.3 Å². The van der Waals surface area contributed by atoms with Crippen molar-refractivity contribution in [2.45, 2.75) is 13.0 Å². The first-order valence-electron chi connectivity index (χ1n) is 5.56. The van der Waals surface area contributed by atoms with Crippen molar-refractivity contribution in [3.63, 3.8) is 0 Å². The molecular weight excluding hydrogens is 229 g/mol. The van der Waals surface area contributed by atoms with Gasteiger partial charge in [0, 0.05) is 12.1 Å². The van der Waals surface area contributed by atoms with Crippen LogP contribution < -0.4 is 5.32 Å². The Morgan fingerprint density at radius 2 is 2.17 bits per heavy atom. The van der Waals surface area contributed by atoms with Crippen LogP contribution in [0.25, 0.3) is 0 Å². The Bertz CT molecular complexity index is 590. The summed E-state index contributed by atoms with van der Waals surface area (Å²) in [4.78, 5) is 3.77. The van der Waals surface area contributed by atoms with Gasteiger partial charge in [0.05, 0.1) is 29.7 Å². The predicted octanol–water partition coefficient (Wildman–Crippen LogP) is 3.27. The molecule has 0 saturated carbocycles. The van der Waals surface area contributed by atoms with Crippen LogP contribution in [-0.2, 0) is 0 Å². The monoisotopic (exact) mass is 241 g/mol. The lowest BCUT2D eigenvalue weighted by molar-refractivity contribution is 0.621. The molecular formula is C14H12FN3. The number of hydrogen-bond acceptors (Lipinski definition) is 3. The number of halogens is 1. The molecule has 18 heavy (non-hydrogen) atoms. The zero-order valence-corrected chi connectivity index (χ0v) is 9.89. The van der Waals surface area contributed by atoms with Gasteiger partial charge in [0.2, 0.25) is 0 Å². The minimum absolute atomic E-state index is 0.0260. The molecule has 1 aromatic heterocycles. The van der Waals surface area contributed by atoms with Crippen molar-refractivity contribution in [2.75, 3.05) is 5.32 Å². The van der Waals surface area contributed by atoms with E-state index >= 15 is 0 Å². The molecule has 0 aliphatic carbocycles. The molecule has 1 N–H and O–H groups in total. The molecule has 4 heteroatoms. The molecule has 0 aliphatic heterocycles. The lowest BCUT2D eigenvalue weighted by atomic mass is 10.1. The van der Waals surface area contributed by atoms with Gasteiger partial charge in [0.15, 0.2) is 0 Å². The van der Waals surface area contributed by atoms with Gasteiger partial charge in [-0.05, 0) is 24.6 Å². The highest BCUT2D eigenvalue weighted by molar-refractivity contribution is 5.44. The zero-order valence-electron chi connectivity index (χ0n) is 9.89. The van der Waals surface area contributed by atoms with Crippen LogP contribution in [0.1, 0.15) is 24.1 Å². The summed E-state index contributed by atoms with van der Waals surface area (Å²) >= 11 is 0. The highest BCUT2D eigenvalue weighted by atomic mass is 19.1. The van der Waals surface area contributed by atoms with Crippen LogP contribution >= 0.6 is 0 Å². The van der Waals surface area contributed by atoms with Gasteiger partial charge in [0.25, 0.3) is 0 Å². The lowest BCUT2D eigenvalue weighted by Gasteiger charge is -2.15. The molecule has 1 atom stereocenters. The molecule has 0 radical (unpaired) electrons. The molecule has 1 aromatic carbocycles. The average Bonchev–Trinajstić information content (AvgIpc) is 2.39. The molecule has 90 valence electrons. The zero-order chi connectivity index (χ0) is 13.0. The first kappa shape index (κ1) is 12.1. The molecule has 0 fully saturated rings. The SMILES string of the molecule is CC(Nc1cncc(F)c1)c1cccc(C#N)c1. The van der Waals surface area contributed by atoms with Gasteiger partial charge in [-0.15, -0.1) is 0 Å². The van der Waals surface area contributed by atoms with Crippen LogP contribution in [0.5, 0.6) is 0 Å². The smallest absolute Gasteiger partial charge is 0.143 e. The van der Waals surface area contributed by atoms with E-state index in [4.69, 9.17) is 5.26 Å². The van der Waals surface area contributed by atoms with Crippen LogP contribution in [0.4, 0.5) is 10.1 Å². The van der Waals surface area contributed by atoms with E-state index in [0.29, 0.717) is 11.3 Å². The molecule has 0 amide bonds. The van der Waals surface area contributed by atoms with E-state index in [1.807, 2.05) is 25.1 Å². The van der Waals surface area contributed by atoms with Gasteiger partial charge in [-0.2, -0.15) is 5.26 Å². The lowest BCUT2D eigenvalue weighted by Crippen LogP contribution is -2.07. The Morgan fingerprint density at radius 3 is 2.89 bits per heavy atom. The van der Waals surface area contributed by atoms with E-state index in [0.717, 1.165) is 11.8 Å². The van der Waals surface area contributed by atoms with Gasteiger partial charge >= 0.3 is 0 Å². The van der Waals surface area contributed by atoms with Crippen molar-refractivity contribution in [2.24, 2.45) is 0 Å². The molecule has 0 bridgehead atoms. The third kappa shape index (κ3) is 2.83. The first-order valence-corrected chi connectivity index (χ1v) is 5.56. The van der Waals surface area contributed by atoms with E-state index < -0.39 is 0 Å². The minimum atomic E-state index is -0.377. The number of anilines is 1. The summed E-state index contributed by atoms with van der Waals surface area (Å²) in [6.45, 7) is 1.95. The van der Waals surface area contributed by atoms with Crippen molar-refractivity contribution in [1.82, 2.24) is 4.98 Å². The molecule has 1 heterocycles. The third-order valence-electron chi connectivity index (χ3n) is 2.60. The number of aromatic nitrogens is 1. The van der Waals surface area contributed by atoms with Crippen LogP contribution in [0.15, 0.2) is 42.7 Å². The van der Waals surface area contributed by atoms with E-state index in [-0.39, 0.29) is 11.9 Å². The minimum Gasteiger partial charge on any atom is -0.377 e. The van der Waals surface area contributed by atoms with Crippen LogP contribution in [-0.4, -0.2) is 4.98 Å². The van der Waals surface area contributed by atoms with Gasteiger partial charge in [-0.3, -0.25) is 4.98 Å². The number of hydrogen-bond donors (Lipinski definition) is 1. The van der Waals surface area contributed by atoms with Crippen LogP contribution in [0.3, 0.4) is 0 Å². The summed E-state index contributed by atoms with van der Waals surface area (Å²) in [5, 5.41) is 12.0. The molecule has 2 aromatic rings. The van der Waals surface area contributed by atoms with Crippen molar-refractivity contribution in [3.8, 4) is 6.07 Å². The summed E-state index contributed by atoms with van der Waals surface area (Å²) in [7, 11) is 0. The van der Waals surface area contributed by atoms with E-state index in [1.165, 1.54) is 6.07 Å². The maximum atomic E-state index is 13.0. The van der Waals surface area contributed by atoms with Crippen molar-refractivity contribution in [3.05, 3.63) is 59.7 Å². The number of pyridine rings is 1. The predicted molar refractivity (Wildman–Crippen MR) is 67.4 cm³/mol. The Labute approximate surface area is 105 Å². The Hall–Kier alpha value is -2.41.